The SMILES string of the molecule is NNC1=NC(C(F)(F)F)CC(C2CC2)N1. The first-order valence-corrected chi connectivity index (χ1v) is 4.88. The summed E-state index contributed by atoms with van der Waals surface area (Å²) < 4.78 is 37.5. The quantitative estimate of drug-likeness (QED) is 0.447. The van der Waals surface area contributed by atoms with E-state index < -0.39 is 12.2 Å². The van der Waals surface area contributed by atoms with E-state index in [0.29, 0.717) is 5.92 Å². The number of guanidine groups is 1. The van der Waals surface area contributed by atoms with Crippen molar-refractivity contribution < 1.29 is 13.2 Å². The molecular formula is C8H13F3N4. The Bertz CT molecular complexity index is 272. The number of aliphatic imine (C=N–C) groups is 1. The van der Waals surface area contributed by atoms with E-state index >= 15 is 0 Å². The first-order valence-electron chi connectivity index (χ1n) is 4.88. The fourth-order valence-electron chi connectivity index (χ4n) is 1.82. The fraction of sp³-hybridized carbons (Fsp3) is 0.875. The molecule has 7 heteroatoms. The van der Waals surface area contributed by atoms with Gasteiger partial charge < -0.3 is 5.32 Å². The molecule has 1 saturated carbocycles. The second-order valence-corrected chi connectivity index (χ2v) is 4.00. The molecule has 0 saturated heterocycles. The van der Waals surface area contributed by atoms with Crippen LogP contribution in [0.15, 0.2) is 4.99 Å². The van der Waals surface area contributed by atoms with Gasteiger partial charge in [0, 0.05) is 6.04 Å². The topological polar surface area (TPSA) is 62.4 Å². The average Bonchev–Trinajstić information content (AvgIpc) is 2.99. The summed E-state index contributed by atoms with van der Waals surface area (Å²) in [6, 6.07) is -1.78. The van der Waals surface area contributed by atoms with Crippen LogP contribution in [0.3, 0.4) is 0 Å². The van der Waals surface area contributed by atoms with E-state index in [1.54, 1.807) is 0 Å². The predicted octanol–water partition coefficient (Wildman–Crippen LogP) is 0.508. The molecule has 2 atom stereocenters. The zero-order valence-electron chi connectivity index (χ0n) is 8.01. The van der Waals surface area contributed by atoms with E-state index in [-0.39, 0.29) is 18.4 Å². The van der Waals surface area contributed by atoms with E-state index in [1.807, 2.05) is 0 Å². The van der Waals surface area contributed by atoms with Crippen LogP contribution in [0.4, 0.5) is 13.2 Å². The summed E-state index contributed by atoms with van der Waals surface area (Å²) in [6.07, 6.45) is -2.29. The third-order valence-electron chi connectivity index (χ3n) is 2.79. The average molecular weight is 222 g/mol. The van der Waals surface area contributed by atoms with Crippen molar-refractivity contribution >= 4 is 5.96 Å². The molecule has 4 N–H and O–H groups in total. The minimum atomic E-state index is -4.28. The Morgan fingerprint density at radius 2 is 2.07 bits per heavy atom. The second kappa shape index (κ2) is 3.55. The van der Waals surface area contributed by atoms with Crippen LogP contribution >= 0.6 is 0 Å². The normalized spacial score (nSPS) is 31.9. The van der Waals surface area contributed by atoms with Gasteiger partial charge in [-0.2, -0.15) is 13.2 Å². The Labute approximate surface area is 85.1 Å². The monoisotopic (exact) mass is 222 g/mol. The van der Waals surface area contributed by atoms with Gasteiger partial charge >= 0.3 is 6.18 Å². The van der Waals surface area contributed by atoms with Crippen LogP contribution in [-0.2, 0) is 0 Å². The molecule has 1 aliphatic carbocycles. The molecule has 0 amide bonds. The number of rotatable bonds is 1. The van der Waals surface area contributed by atoms with Gasteiger partial charge in [-0.25, -0.2) is 10.8 Å². The molecular weight excluding hydrogens is 209 g/mol. The van der Waals surface area contributed by atoms with Gasteiger partial charge in [-0.3, -0.25) is 5.43 Å². The Morgan fingerprint density at radius 1 is 1.40 bits per heavy atom. The van der Waals surface area contributed by atoms with Crippen LogP contribution in [0.2, 0.25) is 0 Å². The predicted molar refractivity (Wildman–Crippen MR) is 48.9 cm³/mol. The third kappa shape index (κ3) is 2.34. The molecule has 15 heavy (non-hydrogen) atoms. The van der Waals surface area contributed by atoms with Crippen LogP contribution in [-0.4, -0.2) is 24.2 Å². The van der Waals surface area contributed by atoms with Crippen molar-refractivity contribution in [2.75, 3.05) is 0 Å². The van der Waals surface area contributed by atoms with Gasteiger partial charge in [0.15, 0.2) is 6.04 Å². The second-order valence-electron chi connectivity index (χ2n) is 4.00. The van der Waals surface area contributed by atoms with Crippen LogP contribution in [0.25, 0.3) is 0 Å². The largest absolute Gasteiger partial charge is 0.410 e. The highest BCUT2D eigenvalue weighted by molar-refractivity contribution is 5.80. The summed E-state index contributed by atoms with van der Waals surface area (Å²) in [6.45, 7) is 0. The maximum atomic E-state index is 12.5. The van der Waals surface area contributed by atoms with E-state index in [0.717, 1.165) is 12.8 Å². The summed E-state index contributed by atoms with van der Waals surface area (Å²) in [5, 5.41) is 2.88. The number of alkyl halides is 3. The van der Waals surface area contributed by atoms with E-state index in [1.165, 1.54) is 0 Å². The maximum absolute atomic E-state index is 12.5. The molecule has 2 unspecified atom stereocenters. The summed E-state index contributed by atoms with van der Waals surface area (Å²) in [7, 11) is 0. The van der Waals surface area contributed by atoms with Gasteiger partial charge in [0.25, 0.3) is 0 Å². The summed E-state index contributed by atoms with van der Waals surface area (Å²) in [5.41, 5.74) is 2.16. The summed E-state index contributed by atoms with van der Waals surface area (Å²) in [4.78, 5) is 3.48. The van der Waals surface area contributed by atoms with Gasteiger partial charge in [0.1, 0.15) is 0 Å². The molecule has 0 spiro atoms. The lowest BCUT2D eigenvalue weighted by molar-refractivity contribution is -0.150. The first kappa shape index (κ1) is 10.5. The number of nitrogens with two attached hydrogens (primary N) is 1. The van der Waals surface area contributed by atoms with Crippen LogP contribution in [0, 0.1) is 5.92 Å². The Morgan fingerprint density at radius 3 is 2.53 bits per heavy atom. The van der Waals surface area contributed by atoms with Crippen molar-refractivity contribution in [3.8, 4) is 0 Å². The third-order valence-corrected chi connectivity index (χ3v) is 2.79. The Balaban J connectivity index is 2.10. The highest BCUT2D eigenvalue weighted by Gasteiger charge is 2.46. The molecule has 0 radical (unpaired) electrons. The molecule has 2 rings (SSSR count). The van der Waals surface area contributed by atoms with Crippen molar-refractivity contribution in [1.82, 2.24) is 10.7 Å². The molecule has 4 nitrogen and oxygen atoms in total. The molecule has 0 aromatic rings. The minimum absolute atomic E-state index is 0.0132. The molecule has 2 aliphatic rings. The van der Waals surface area contributed by atoms with Gasteiger partial charge in [0.05, 0.1) is 0 Å². The number of hydrogen-bond acceptors (Lipinski definition) is 4. The van der Waals surface area contributed by atoms with Gasteiger partial charge in [0.2, 0.25) is 5.96 Å². The van der Waals surface area contributed by atoms with Gasteiger partial charge in [-0.1, -0.05) is 0 Å². The van der Waals surface area contributed by atoms with E-state index in [2.05, 4.69) is 15.7 Å². The summed E-state index contributed by atoms with van der Waals surface area (Å²) >= 11 is 0. The maximum Gasteiger partial charge on any atom is 0.410 e. The van der Waals surface area contributed by atoms with E-state index in [9.17, 15) is 13.2 Å². The number of nitrogens with one attached hydrogen (secondary N) is 2. The number of hydrogen-bond donors (Lipinski definition) is 3. The van der Waals surface area contributed by atoms with Crippen molar-refractivity contribution in [3.63, 3.8) is 0 Å². The van der Waals surface area contributed by atoms with Crippen molar-refractivity contribution in [1.29, 1.82) is 0 Å². The molecule has 0 aromatic carbocycles. The van der Waals surface area contributed by atoms with Crippen LogP contribution in [0.5, 0.6) is 0 Å². The van der Waals surface area contributed by atoms with Crippen LogP contribution in [0.1, 0.15) is 19.3 Å². The number of hydrazine groups is 1. The van der Waals surface area contributed by atoms with Crippen molar-refractivity contribution in [3.05, 3.63) is 0 Å². The molecule has 1 aliphatic heterocycles. The number of nitrogens with zero attached hydrogens (tertiary/aromatic N) is 1. The standard InChI is InChI=1S/C8H13F3N4/c9-8(10,11)6-3-5(4-1-2-4)13-7(14-6)15-12/h4-6H,1-3,12H2,(H2,13,14,15). The lowest BCUT2D eigenvalue weighted by Gasteiger charge is -2.30. The molecule has 0 aromatic heterocycles. The number of halogens is 3. The fourth-order valence-corrected chi connectivity index (χ4v) is 1.82. The van der Waals surface area contributed by atoms with Crippen LogP contribution < -0.4 is 16.6 Å². The minimum Gasteiger partial charge on any atom is -0.352 e. The molecule has 86 valence electrons. The molecule has 0 bridgehead atoms. The van der Waals surface area contributed by atoms with Gasteiger partial charge in [-0.05, 0) is 25.2 Å². The zero-order chi connectivity index (χ0) is 11.1. The highest BCUT2D eigenvalue weighted by atomic mass is 19.4. The first-order chi connectivity index (χ1) is 7.00. The van der Waals surface area contributed by atoms with E-state index in [4.69, 9.17) is 5.84 Å². The summed E-state index contributed by atoms with van der Waals surface area (Å²) in [5.74, 6) is 5.46. The zero-order valence-corrected chi connectivity index (χ0v) is 8.01. The molecule has 1 fully saturated rings. The van der Waals surface area contributed by atoms with Gasteiger partial charge in [-0.15, -0.1) is 0 Å². The highest BCUT2D eigenvalue weighted by Crippen LogP contribution is 2.38. The lowest BCUT2D eigenvalue weighted by atomic mass is 10.0. The Hall–Kier alpha value is -0.980. The lowest BCUT2D eigenvalue weighted by Crippen LogP contribution is -2.54. The smallest absolute Gasteiger partial charge is 0.352 e. The van der Waals surface area contributed by atoms with Crippen molar-refractivity contribution in [2.45, 2.75) is 37.5 Å². The molecule has 1 heterocycles. The Kier molecular flexibility index (Phi) is 2.49. The van der Waals surface area contributed by atoms with Crippen molar-refractivity contribution in [2.24, 2.45) is 16.8 Å².